The van der Waals surface area contributed by atoms with Gasteiger partial charge in [-0.1, -0.05) is 80.6 Å². The first kappa shape index (κ1) is 47.6. The van der Waals surface area contributed by atoms with Crippen molar-refractivity contribution < 1.29 is 67.4 Å². The molecular weight excluding hydrogens is 859 g/mol. The van der Waals surface area contributed by atoms with E-state index >= 15 is 4.79 Å². The number of rotatable bonds is 13. The molecule has 1 saturated heterocycles. The number of esters is 4. The minimum Gasteiger partial charge on any atom is -0.456 e. The Hall–Kier alpha value is -5.39. The van der Waals surface area contributed by atoms with E-state index in [0.29, 0.717) is 5.56 Å². The monoisotopic (exact) mass is 913 g/mol. The van der Waals surface area contributed by atoms with Crippen LogP contribution in [0.1, 0.15) is 86.7 Å². The van der Waals surface area contributed by atoms with Crippen LogP contribution < -0.4 is 5.32 Å². The van der Waals surface area contributed by atoms with Crippen LogP contribution in [-0.4, -0.2) is 112 Å². The molecule has 7 rings (SSSR count). The predicted octanol–water partition coefficient (Wildman–Crippen LogP) is 5.08. The predicted molar refractivity (Wildman–Crippen MR) is 235 cm³/mol. The third-order valence-electron chi connectivity index (χ3n) is 13.8. The Morgan fingerprint density at radius 1 is 0.862 bits per heavy atom. The fourth-order valence-electron chi connectivity index (χ4n) is 10.6. The van der Waals surface area contributed by atoms with Gasteiger partial charge in [0, 0.05) is 37.7 Å². The molecule has 15 nitrogen and oxygen atoms in total. The third-order valence-corrected chi connectivity index (χ3v) is 14.2. The van der Waals surface area contributed by atoms with Gasteiger partial charge in [0.05, 0.1) is 41.6 Å². The van der Waals surface area contributed by atoms with Gasteiger partial charge in [-0.2, -0.15) is 0 Å². The summed E-state index contributed by atoms with van der Waals surface area (Å²) >= 11 is 1.34. The van der Waals surface area contributed by atoms with Gasteiger partial charge in [0.1, 0.15) is 23.9 Å². The molecule has 1 heterocycles. The second-order valence-electron chi connectivity index (χ2n) is 17.9. The van der Waals surface area contributed by atoms with Crippen molar-refractivity contribution in [3.63, 3.8) is 0 Å². The number of Topliss-reactive ketones (excluding diaryl/α,β-unsaturated/α-hetero) is 1. The summed E-state index contributed by atoms with van der Waals surface area (Å²) in [5, 5.41) is 28.5. The van der Waals surface area contributed by atoms with Crippen LogP contribution in [0.15, 0.2) is 102 Å². The minimum absolute atomic E-state index is 0.0418. The number of ketones is 1. The lowest BCUT2D eigenvalue weighted by Crippen LogP contribution is -2.82. The number of aliphatic hydroxyl groups excluding tert-OH is 1. The van der Waals surface area contributed by atoms with Crippen molar-refractivity contribution in [1.29, 1.82) is 0 Å². The van der Waals surface area contributed by atoms with Gasteiger partial charge >= 0.3 is 23.9 Å². The summed E-state index contributed by atoms with van der Waals surface area (Å²) < 4.78 is 37.5. The van der Waals surface area contributed by atoms with Crippen molar-refractivity contribution in [2.24, 2.45) is 16.7 Å². The Balaban J connectivity index is 1.41. The van der Waals surface area contributed by atoms with Crippen molar-refractivity contribution in [1.82, 2.24) is 5.32 Å². The molecule has 3 aromatic carbocycles. The Kier molecular flexibility index (Phi) is 13.5. The van der Waals surface area contributed by atoms with Gasteiger partial charge in [0.2, 0.25) is 0 Å². The molecule has 11 atom stereocenters. The van der Waals surface area contributed by atoms with E-state index in [-0.39, 0.29) is 41.2 Å². The largest absolute Gasteiger partial charge is 0.456 e. The van der Waals surface area contributed by atoms with Crippen molar-refractivity contribution in [3.05, 3.63) is 119 Å². The number of hydrogen-bond donors (Lipinski definition) is 3. The summed E-state index contributed by atoms with van der Waals surface area (Å²) in [5.74, 6) is -6.28. The number of carbonyl (C=O) groups is 6. The highest BCUT2D eigenvalue weighted by molar-refractivity contribution is 7.98. The maximum atomic E-state index is 15.9. The highest BCUT2D eigenvalue weighted by Crippen LogP contribution is 2.65. The van der Waals surface area contributed by atoms with E-state index in [4.69, 9.17) is 28.4 Å². The molecule has 3 aromatic rings. The van der Waals surface area contributed by atoms with Crippen LogP contribution >= 0.6 is 11.8 Å². The van der Waals surface area contributed by atoms with Gasteiger partial charge in [0.25, 0.3) is 5.91 Å². The molecule has 0 aromatic heterocycles. The summed E-state index contributed by atoms with van der Waals surface area (Å²) in [7, 11) is 0. The zero-order valence-electron chi connectivity index (χ0n) is 37.3. The van der Waals surface area contributed by atoms with Gasteiger partial charge in [-0.05, 0) is 61.1 Å². The van der Waals surface area contributed by atoms with Crippen molar-refractivity contribution in [2.75, 3.05) is 18.8 Å². The van der Waals surface area contributed by atoms with Crippen LogP contribution in [0, 0.1) is 16.7 Å². The quantitative estimate of drug-likeness (QED) is 0.0884. The van der Waals surface area contributed by atoms with E-state index in [1.807, 2.05) is 0 Å². The molecule has 5 unspecified atom stereocenters. The highest BCUT2D eigenvalue weighted by atomic mass is 32.2. The first-order valence-corrected chi connectivity index (χ1v) is 22.8. The standard InChI is InChI=1S/C49H55NO14S/c1-27-33(62-45(57)38(53)37(30-17-11-8-12-18-30)50-43(55)31-19-13-9-14-20-31)24-49(58)42(63-44(56)32-21-15-10-16-22-32)40-47(6,41(54)39(61-28(2)51)36(27)46(49,4)5)34(60-26-65-7)23-35-48(40,25-59-35)64-29(3)52/h8-22,33-35,37-40,42,53,58H,23-26H2,1-7H3,(H,50,55)/t33?,34-,35+,37?,38?,39+,40?,42?,47+,48-,49+/m0/s1. The summed E-state index contributed by atoms with van der Waals surface area (Å²) in [6, 6.07) is 23.2. The summed E-state index contributed by atoms with van der Waals surface area (Å²) in [6.45, 7) is 8.45. The van der Waals surface area contributed by atoms with E-state index in [1.165, 1.54) is 30.8 Å². The third kappa shape index (κ3) is 8.39. The van der Waals surface area contributed by atoms with E-state index in [9.17, 15) is 34.2 Å². The Morgan fingerprint density at radius 2 is 1.46 bits per heavy atom. The average Bonchev–Trinajstić information content (AvgIpc) is 3.27. The molecule has 0 radical (unpaired) electrons. The number of thioether (sulfide) groups is 1. The van der Waals surface area contributed by atoms with Gasteiger partial charge < -0.3 is 44.0 Å². The number of amides is 1. The van der Waals surface area contributed by atoms with Gasteiger partial charge in [-0.25, -0.2) is 9.59 Å². The number of hydrogen-bond acceptors (Lipinski definition) is 15. The van der Waals surface area contributed by atoms with Gasteiger partial charge in [0.15, 0.2) is 23.6 Å². The fourth-order valence-corrected chi connectivity index (χ4v) is 10.9. The molecule has 346 valence electrons. The molecule has 3 N–H and O–H groups in total. The zero-order chi connectivity index (χ0) is 47.1. The number of benzene rings is 3. The topological polar surface area (TPSA) is 210 Å². The van der Waals surface area contributed by atoms with E-state index < -0.39 is 113 Å². The van der Waals surface area contributed by atoms with E-state index in [2.05, 4.69) is 5.32 Å². The Labute approximate surface area is 381 Å². The van der Waals surface area contributed by atoms with Crippen LogP contribution in [0.2, 0.25) is 0 Å². The maximum absolute atomic E-state index is 15.9. The van der Waals surface area contributed by atoms with Crippen LogP contribution in [0.5, 0.6) is 0 Å². The van der Waals surface area contributed by atoms with Crippen molar-refractivity contribution in [3.8, 4) is 0 Å². The van der Waals surface area contributed by atoms with Crippen LogP contribution in [0.4, 0.5) is 0 Å². The lowest BCUT2D eigenvalue weighted by atomic mass is 9.44. The van der Waals surface area contributed by atoms with Crippen LogP contribution in [0.3, 0.4) is 0 Å². The first-order valence-electron chi connectivity index (χ1n) is 21.4. The number of ether oxygens (including phenoxy) is 6. The molecule has 3 aliphatic carbocycles. The number of carbonyl (C=O) groups excluding carboxylic acids is 6. The minimum atomic E-state index is -2.34. The van der Waals surface area contributed by atoms with E-state index in [0.717, 1.165) is 6.92 Å². The van der Waals surface area contributed by atoms with Crippen molar-refractivity contribution >= 4 is 47.3 Å². The lowest BCUT2D eigenvalue weighted by Gasteiger charge is -2.67. The molecule has 3 fully saturated rings. The lowest BCUT2D eigenvalue weighted by molar-refractivity contribution is -0.347. The molecule has 1 aliphatic heterocycles. The van der Waals surface area contributed by atoms with Gasteiger partial charge in [-0.15, -0.1) is 11.8 Å². The summed E-state index contributed by atoms with van der Waals surface area (Å²) in [4.78, 5) is 84.7. The molecule has 65 heavy (non-hydrogen) atoms. The van der Waals surface area contributed by atoms with E-state index in [1.54, 1.807) is 113 Å². The zero-order valence-corrected chi connectivity index (χ0v) is 38.1. The average molecular weight is 914 g/mol. The molecule has 0 spiro atoms. The number of aliphatic hydroxyl groups is 2. The molecule has 4 aliphatic rings. The second kappa shape index (κ2) is 18.5. The Bertz CT molecular complexity index is 2340. The summed E-state index contributed by atoms with van der Waals surface area (Å²) in [5.41, 5.74) is -6.48. The van der Waals surface area contributed by atoms with Crippen molar-refractivity contribution in [2.45, 2.75) is 108 Å². The smallest absolute Gasteiger partial charge is 0.338 e. The molecule has 2 bridgehead atoms. The molecule has 1 amide bonds. The fraction of sp³-hybridized carbons (Fsp3) is 0.469. The maximum Gasteiger partial charge on any atom is 0.338 e. The molecular formula is C49H55NO14S. The van der Waals surface area contributed by atoms with Crippen LogP contribution in [-0.2, 0) is 47.6 Å². The SMILES string of the molecule is CSCO[C@H]1C[C@H]2OC[C@@]2(OC(C)=O)C2C(OC(=O)c3ccccc3)[C@]3(O)CC(OC(=O)C(O)C(NC(=O)c4ccccc4)c4ccccc4)C(C)=C([C@@H](OC(C)=O)C(=O)[C@@]21C)C3(C)C. The first-order chi connectivity index (χ1) is 30.8. The molecule has 16 heteroatoms. The number of fused-ring (bicyclic) bond motifs is 5. The highest BCUT2D eigenvalue weighted by Gasteiger charge is 2.78. The summed E-state index contributed by atoms with van der Waals surface area (Å²) in [6.07, 6.45) is -7.55. The normalized spacial score (nSPS) is 30.9. The van der Waals surface area contributed by atoms with Crippen LogP contribution in [0.25, 0.3) is 0 Å². The van der Waals surface area contributed by atoms with Gasteiger partial charge in [-0.3, -0.25) is 19.2 Å². The second-order valence-corrected chi connectivity index (χ2v) is 18.7. The molecule has 2 saturated carbocycles. The Morgan fingerprint density at radius 3 is 2.02 bits per heavy atom. The number of nitrogens with one attached hydrogen (secondary N) is 1.